The lowest BCUT2D eigenvalue weighted by atomic mass is 10.1. The van der Waals surface area contributed by atoms with Gasteiger partial charge in [0.1, 0.15) is 23.1 Å². The van der Waals surface area contributed by atoms with Crippen LogP contribution in [0.4, 0.5) is 5.69 Å². The number of carbonyl (C=O) groups is 1. The Hall–Kier alpha value is -3.68. The highest BCUT2D eigenvalue weighted by molar-refractivity contribution is 5.92. The van der Waals surface area contributed by atoms with E-state index >= 15 is 0 Å². The van der Waals surface area contributed by atoms with E-state index in [1.165, 1.54) is 0 Å². The van der Waals surface area contributed by atoms with Crippen molar-refractivity contribution in [1.82, 2.24) is 19.5 Å². The van der Waals surface area contributed by atoms with Crippen molar-refractivity contribution >= 4 is 33.7 Å². The molecule has 0 saturated heterocycles. The van der Waals surface area contributed by atoms with Crippen LogP contribution in [-0.2, 0) is 11.3 Å². The molecule has 2 aromatic heterocycles. The fourth-order valence-corrected chi connectivity index (χ4v) is 4.40. The maximum atomic E-state index is 11.9. The first-order valence-corrected chi connectivity index (χ1v) is 10.6. The van der Waals surface area contributed by atoms with Crippen LogP contribution < -0.4 is 15.8 Å². The Labute approximate surface area is 178 Å². The fourth-order valence-electron chi connectivity index (χ4n) is 4.40. The summed E-state index contributed by atoms with van der Waals surface area (Å²) in [6.07, 6.45) is 6.32. The van der Waals surface area contributed by atoms with Crippen molar-refractivity contribution in [1.29, 1.82) is 0 Å². The van der Waals surface area contributed by atoms with E-state index in [0.717, 1.165) is 70.7 Å². The van der Waals surface area contributed by atoms with Crippen molar-refractivity contribution in [2.75, 3.05) is 11.9 Å². The molecule has 2 aliphatic rings. The first-order valence-electron chi connectivity index (χ1n) is 10.6. The molecule has 0 unspecified atom stereocenters. The van der Waals surface area contributed by atoms with Crippen molar-refractivity contribution < 1.29 is 9.53 Å². The summed E-state index contributed by atoms with van der Waals surface area (Å²) in [7, 11) is 0. The van der Waals surface area contributed by atoms with E-state index in [4.69, 9.17) is 15.5 Å². The van der Waals surface area contributed by atoms with Crippen molar-refractivity contribution in [3.8, 4) is 17.1 Å². The molecule has 1 atom stereocenters. The fraction of sp³-hybridized carbons (Fsp3) is 0.304. The molecule has 156 valence electrons. The van der Waals surface area contributed by atoms with Gasteiger partial charge < -0.3 is 20.4 Å². The number of nitrogens with one attached hydrogen (secondary N) is 1. The molecule has 1 aliphatic carbocycles. The number of aromatic nitrogens is 4. The molecule has 0 radical (unpaired) electrons. The van der Waals surface area contributed by atoms with Gasteiger partial charge in [-0.05, 0) is 49.4 Å². The summed E-state index contributed by atoms with van der Waals surface area (Å²) >= 11 is 0. The number of nitrogens with zero attached hydrogens (tertiary/aromatic N) is 4. The number of benzene rings is 2. The summed E-state index contributed by atoms with van der Waals surface area (Å²) in [5.41, 5.74) is 10.9. The summed E-state index contributed by atoms with van der Waals surface area (Å²) in [4.78, 5) is 25.7. The number of nitrogens with two attached hydrogens (primary N) is 1. The number of anilines is 1. The first kappa shape index (κ1) is 18.1. The maximum Gasteiger partial charge on any atom is 0.240 e. The van der Waals surface area contributed by atoms with Gasteiger partial charge in [-0.15, -0.1) is 0 Å². The highest BCUT2D eigenvalue weighted by Gasteiger charge is 2.35. The Morgan fingerprint density at radius 2 is 1.97 bits per heavy atom. The summed E-state index contributed by atoms with van der Waals surface area (Å²) in [5.74, 6) is 1.63. The normalized spacial score (nSPS) is 16.6. The highest BCUT2D eigenvalue weighted by atomic mass is 16.5. The Bertz CT molecular complexity index is 1330. The number of fused-ring (bicyclic) bond motifs is 1. The largest absolute Gasteiger partial charge is 0.491 e. The third-order valence-corrected chi connectivity index (χ3v) is 6.04. The van der Waals surface area contributed by atoms with Crippen LogP contribution in [0.1, 0.15) is 19.3 Å². The number of imidazole rings is 1. The van der Waals surface area contributed by atoms with Crippen molar-refractivity contribution in [3.05, 3.63) is 42.7 Å². The lowest BCUT2D eigenvalue weighted by Crippen LogP contribution is -2.37. The lowest BCUT2D eigenvalue weighted by molar-refractivity contribution is -0.119. The molecule has 4 aromatic rings. The lowest BCUT2D eigenvalue weighted by Gasteiger charge is -2.17. The second-order valence-corrected chi connectivity index (χ2v) is 8.25. The topological polar surface area (TPSA) is 108 Å². The van der Waals surface area contributed by atoms with Gasteiger partial charge in [-0.2, -0.15) is 0 Å². The zero-order valence-corrected chi connectivity index (χ0v) is 16.9. The number of carbonyl (C=O) groups excluding carboxylic acids is 1. The van der Waals surface area contributed by atoms with E-state index in [1.807, 2.05) is 30.3 Å². The van der Waals surface area contributed by atoms with Crippen molar-refractivity contribution in [3.63, 3.8) is 0 Å². The second-order valence-electron chi connectivity index (χ2n) is 8.25. The Morgan fingerprint density at radius 1 is 1.13 bits per heavy atom. The summed E-state index contributed by atoms with van der Waals surface area (Å²) in [6, 6.07) is 9.59. The molecule has 3 N–H and O–H groups in total. The number of rotatable bonds is 5. The van der Waals surface area contributed by atoms with Gasteiger partial charge in [-0.1, -0.05) is 0 Å². The summed E-state index contributed by atoms with van der Waals surface area (Å²) in [5, 5.41) is 3.32. The van der Waals surface area contributed by atoms with Crippen LogP contribution in [0, 0.1) is 5.92 Å². The SMILES string of the molecule is NC(=O)[C@@H](Nc1cc2c3c(c1)nc(-c1ccc4nccnc4c1)n3CCCO2)C1CC1. The molecule has 0 spiro atoms. The van der Waals surface area contributed by atoms with Gasteiger partial charge in [0.05, 0.1) is 23.2 Å². The Kier molecular flexibility index (Phi) is 4.05. The molecule has 8 nitrogen and oxygen atoms in total. The molecule has 31 heavy (non-hydrogen) atoms. The predicted molar refractivity (Wildman–Crippen MR) is 118 cm³/mol. The van der Waals surface area contributed by atoms with Crippen LogP contribution in [0.2, 0.25) is 0 Å². The molecule has 1 aliphatic heterocycles. The van der Waals surface area contributed by atoms with Crippen molar-refractivity contribution in [2.24, 2.45) is 11.7 Å². The number of primary amides is 1. The standard InChI is InChI=1S/C23H22N6O2/c24-22(30)20(13-2-3-13)27-15-11-18-21-19(12-15)31-9-1-8-29(21)23(28-18)14-4-5-16-17(10-14)26-7-6-25-16/h4-7,10-13,20,27H,1-3,8-9H2,(H2,24,30)/t20-/m0/s1. The molecule has 2 aromatic carbocycles. The molecular weight excluding hydrogens is 392 g/mol. The minimum absolute atomic E-state index is 0.306. The van der Waals surface area contributed by atoms with E-state index in [1.54, 1.807) is 12.4 Å². The van der Waals surface area contributed by atoms with Gasteiger partial charge in [0.15, 0.2) is 0 Å². The second kappa shape index (κ2) is 6.94. The van der Waals surface area contributed by atoms with Crippen LogP contribution in [0.25, 0.3) is 33.5 Å². The zero-order valence-electron chi connectivity index (χ0n) is 16.9. The monoisotopic (exact) mass is 414 g/mol. The molecule has 6 rings (SSSR count). The molecule has 1 fully saturated rings. The average Bonchev–Trinajstić information content (AvgIpc) is 3.57. The predicted octanol–water partition coefficient (Wildman–Crippen LogP) is 3.10. The van der Waals surface area contributed by atoms with E-state index in [2.05, 4.69) is 19.9 Å². The molecule has 0 bridgehead atoms. The van der Waals surface area contributed by atoms with Crippen LogP contribution in [-0.4, -0.2) is 38.1 Å². The number of ether oxygens (including phenoxy) is 1. The molecule has 1 amide bonds. The number of amides is 1. The number of aryl methyl sites for hydroxylation is 1. The van der Waals surface area contributed by atoms with Gasteiger partial charge in [0.2, 0.25) is 5.91 Å². The van der Waals surface area contributed by atoms with E-state index in [9.17, 15) is 4.79 Å². The van der Waals surface area contributed by atoms with Crippen molar-refractivity contribution in [2.45, 2.75) is 31.8 Å². The van der Waals surface area contributed by atoms with Crippen LogP contribution in [0.3, 0.4) is 0 Å². The third kappa shape index (κ3) is 3.15. The maximum absolute atomic E-state index is 11.9. The quantitative estimate of drug-likeness (QED) is 0.520. The van der Waals surface area contributed by atoms with Gasteiger partial charge >= 0.3 is 0 Å². The van der Waals surface area contributed by atoms with Gasteiger partial charge in [-0.25, -0.2) is 4.98 Å². The Morgan fingerprint density at radius 3 is 2.77 bits per heavy atom. The van der Waals surface area contributed by atoms with Gasteiger partial charge in [0, 0.05) is 36.3 Å². The Balaban J connectivity index is 1.48. The van der Waals surface area contributed by atoms with E-state index < -0.39 is 0 Å². The zero-order chi connectivity index (χ0) is 20.9. The molecular formula is C23H22N6O2. The van der Waals surface area contributed by atoms with E-state index in [0.29, 0.717) is 12.5 Å². The number of hydrogen-bond acceptors (Lipinski definition) is 6. The summed E-state index contributed by atoms with van der Waals surface area (Å²) < 4.78 is 8.27. The van der Waals surface area contributed by atoms with Crippen LogP contribution in [0.5, 0.6) is 5.75 Å². The highest BCUT2D eigenvalue weighted by Crippen LogP contribution is 2.38. The molecule has 8 heteroatoms. The number of hydrogen-bond donors (Lipinski definition) is 2. The van der Waals surface area contributed by atoms with Gasteiger partial charge in [-0.3, -0.25) is 14.8 Å². The van der Waals surface area contributed by atoms with Gasteiger partial charge in [0.25, 0.3) is 0 Å². The summed E-state index contributed by atoms with van der Waals surface area (Å²) in [6.45, 7) is 1.45. The first-order chi connectivity index (χ1) is 15.2. The van der Waals surface area contributed by atoms with E-state index in [-0.39, 0.29) is 11.9 Å². The molecule has 3 heterocycles. The third-order valence-electron chi connectivity index (χ3n) is 6.04. The minimum Gasteiger partial charge on any atom is -0.491 e. The average molecular weight is 414 g/mol. The molecule has 1 saturated carbocycles. The van der Waals surface area contributed by atoms with Crippen LogP contribution in [0.15, 0.2) is 42.7 Å². The smallest absolute Gasteiger partial charge is 0.240 e. The van der Waals surface area contributed by atoms with Crippen LogP contribution >= 0.6 is 0 Å². The minimum atomic E-state index is -0.365.